The zero-order chi connectivity index (χ0) is 18.4. The van der Waals surface area contributed by atoms with Crippen molar-refractivity contribution < 1.29 is 4.74 Å². The minimum absolute atomic E-state index is 0.201. The molecule has 1 aromatic heterocycles. The van der Waals surface area contributed by atoms with Crippen LogP contribution in [0.25, 0.3) is 0 Å². The van der Waals surface area contributed by atoms with E-state index in [-0.39, 0.29) is 17.9 Å². The van der Waals surface area contributed by atoms with Crippen molar-refractivity contribution in [3.63, 3.8) is 0 Å². The Morgan fingerprint density at radius 1 is 1.20 bits per heavy atom. The normalized spacial score (nSPS) is 10.1. The van der Waals surface area contributed by atoms with Gasteiger partial charge in [0.1, 0.15) is 18.0 Å². The van der Waals surface area contributed by atoms with Gasteiger partial charge in [-0.1, -0.05) is 35.6 Å². The van der Waals surface area contributed by atoms with Crippen LogP contribution in [-0.2, 0) is 14.1 Å². The molecule has 0 radical (unpaired) electrons. The Morgan fingerprint density at radius 3 is 2.60 bits per heavy atom. The molecule has 0 aliphatic heterocycles. The first-order chi connectivity index (χ1) is 12.0. The van der Waals surface area contributed by atoms with E-state index >= 15 is 0 Å². The van der Waals surface area contributed by atoms with Crippen molar-refractivity contribution in [3.8, 4) is 17.6 Å². The van der Waals surface area contributed by atoms with Crippen LogP contribution < -0.4 is 20.9 Å². The second-order valence-corrected chi connectivity index (χ2v) is 5.77. The molecule has 132 valence electrons. The van der Waals surface area contributed by atoms with Crippen molar-refractivity contribution in [1.82, 2.24) is 9.13 Å². The van der Waals surface area contributed by atoms with Gasteiger partial charge in [0.2, 0.25) is 0 Å². The third-order valence-electron chi connectivity index (χ3n) is 3.68. The van der Waals surface area contributed by atoms with Crippen LogP contribution in [0.2, 0.25) is 5.02 Å². The molecule has 0 fully saturated rings. The highest BCUT2D eigenvalue weighted by molar-refractivity contribution is 6.32. The first kappa shape index (κ1) is 18.7. The first-order valence-electron chi connectivity index (χ1n) is 7.80. The Kier molecular flexibility index (Phi) is 6.31. The van der Waals surface area contributed by atoms with E-state index in [1.807, 2.05) is 24.0 Å². The lowest BCUT2D eigenvalue weighted by Crippen LogP contribution is -2.41. The fourth-order valence-corrected chi connectivity index (χ4v) is 2.44. The van der Waals surface area contributed by atoms with Crippen molar-refractivity contribution in [2.24, 2.45) is 14.1 Å². The van der Waals surface area contributed by atoms with Gasteiger partial charge in [-0.3, -0.25) is 9.36 Å². The van der Waals surface area contributed by atoms with Crippen molar-refractivity contribution in [2.75, 3.05) is 24.6 Å². The molecule has 0 aliphatic rings. The Morgan fingerprint density at radius 2 is 1.92 bits per heavy atom. The van der Waals surface area contributed by atoms with E-state index in [0.29, 0.717) is 29.5 Å². The largest absolute Gasteiger partial charge is 0.479 e. The van der Waals surface area contributed by atoms with E-state index in [4.69, 9.17) is 16.3 Å². The van der Waals surface area contributed by atoms with Gasteiger partial charge in [-0.15, -0.1) is 0 Å². The van der Waals surface area contributed by atoms with Crippen molar-refractivity contribution >= 4 is 17.3 Å². The molecule has 0 saturated heterocycles. The number of ether oxygens (including phenoxy) is 1. The summed E-state index contributed by atoms with van der Waals surface area (Å²) in [7, 11) is 3.08. The van der Waals surface area contributed by atoms with Gasteiger partial charge >= 0.3 is 5.69 Å². The molecule has 0 aliphatic carbocycles. The lowest BCUT2D eigenvalue weighted by Gasteiger charge is -2.20. The number of benzene rings is 1. The topological polar surface area (TPSA) is 56.5 Å². The van der Waals surface area contributed by atoms with Crippen molar-refractivity contribution in [1.29, 1.82) is 0 Å². The standard InChI is InChI=1S/C18H20ClN3O3/c1-4-22(15-13-20(2)18(24)21(3)17(15)23)11-7-8-12-25-16-10-6-5-9-14(16)19/h5-6,9-10,13H,4,11-12H2,1-3H3. The van der Waals surface area contributed by atoms with Gasteiger partial charge in [-0.05, 0) is 19.1 Å². The molecule has 0 amide bonds. The fraction of sp³-hybridized carbons (Fsp3) is 0.333. The Hall–Kier alpha value is -2.65. The van der Waals surface area contributed by atoms with Crippen LogP contribution in [0.4, 0.5) is 5.69 Å². The highest BCUT2D eigenvalue weighted by Crippen LogP contribution is 2.22. The van der Waals surface area contributed by atoms with Crippen LogP contribution in [0, 0.1) is 11.8 Å². The average Bonchev–Trinajstić information content (AvgIpc) is 2.61. The number of halogens is 1. The first-order valence-corrected chi connectivity index (χ1v) is 8.18. The molecule has 0 bridgehead atoms. The molecule has 2 aromatic rings. The Bertz CT molecular complexity index is 922. The molecule has 0 spiro atoms. The smallest absolute Gasteiger partial charge is 0.330 e. The van der Waals surface area contributed by atoms with Gasteiger partial charge in [0, 0.05) is 26.8 Å². The monoisotopic (exact) mass is 361 g/mol. The second-order valence-electron chi connectivity index (χ2n) is 5.36. The maximum absolute atomic E-state index is 12.3. The van der Waals surface area contributed by atoms with E-state index in [2.05, 4.69) is 11.8 Å². The minimum Gasteiger partial charge on any atom is -0.479 e. The number of rotatable bonds is 5. The van der Waals surface area contributed by atoms with Crippen LogP contribution in [0.15, 0.2) is 40.1 Å². The van der Waals surface area contributed by atoms with Gasteiger partial charge < -0.3 is 14.2 Å². The number of aromatic nitrogens is 2. The maximum Gasteiger partial charge on any atom is 0.330 e. The highest BCUT2D eigenvalue weighted by Gasteiger charge is 2.12. The third-order valence-corrected chi connectivity index (χ3v) is 3.99. The predicted octanol–water partition coefficient (Wildman–Crippen LogP) is 1.65. The summed E-state index contributed by atoms with van der Waals surface area (Å²) in [5, 5.41) is 0.535. The van der Waals surface area contributed by atoms with Gasteiger partial charge in [0.05, 0.1) is 11.6 Å². The molecule has 0 atom stereocenters. The van der Waals surface area contributed by atoms with Crippen molar-refractivity contribution in [2.45, 2.75) is 6.92 Å². The molecule has 6 nitrogen and oxygen atoms in total. The summed E-state index contributed by atoms with van der Waals surface area (Å²) >= 11 is 6.00. The number of para-hydroxylation sites is 1. The summed E-state index contributed by atoms with van der Waals surface area (Å²) in [6.45, 7) is 3.07. The van der Waals surface area contributed by atoms with Crippen molar-refractivity contribution in [3.05, 3.63) is 56.3 Å². The summed E-state index contributed by atoms with van der Waals surface area (Å²) in [5.74, 6) is 6.46. The Balaban J connectivity index is 2.06. The average molecular weight is 362 g/mol. The number of anilines is 1. The SMILES string of the molecule is CCN(CC#CCOc1ccccc1Cl)c1cn(C)c(=O)n(C)c1=O. The van der Waals surface area contributed by atoms with Gasteiger partial charge in [0.25, 0.3) is 5.56 Å². The third kappa shape index (κ3) is 4.46. The fourth-order valence-electron chi connectivity index (χ4n) is 2.25. The van der Waals surface area contributed by atoms with E-state index in [9.17, 15) is 9.59 Å². The van der Waals surface area contributed by atoms with E-state index < -0.39 is 0 Å². The molecule has 1 aromatic carbocycles. The second kappa shape index (κ2) is 8.45. The molecule has 25 heavy (non-hydrogen) atoms. The molecular weight excluding hydrogens is 342 g/mol. The van der Waals surface area contributed by atoms with Gasteiger partial charge in [0.15, 0.2) is 0 Å². The van der Waals surface area contributed by atoms with Crippen LogP contribution in [0.1, 0.15) is 6.92 Å². The summed E-state index contributed by atoms with van der Waals surface area (Å²) in [4.78, 5) is 25.8. The summed E-state index contributed by atoms with van der Waals surface area (Å²) < 4.78 is 7.97. The molecule has 0 unspecified atom stereocenters. The zero-order valence-corrected chi connectivity index (χ0v) is 15.2. The number of aryl methyl sites for hydroxylation is 1. The summed E-state index contributed by atoms with van der Waals surface area (Å²) in [5.41, 5.74) is -0.253. The quantitative estimate of drug-likeness (QED) is 0.760. The molecule has 2 rings (SSSR count). The van der Waals surface area contributed by atoms with Crippen LogP contribution in [0.3, 0.4) is 0 Å². The van der Waals surface area contributed by atoms with Gasteiger partial charge in [-0.25, -0.2) is 4.79 Å². The molecular formula is C18H20ClN3O3. The van der Waals surface area contributed by atoms with Crippen LogP contribution in [-0.4, -0.2) is 28.8 Å². The van der Waals surface area contributed by atoms with E-state index in [1.54, 1.807) is 19.2 Å². The number of hydrogen-bond donors (Lipinski definition) is 0. The van der Waals surface area contributed by atoms with Crippen LogP contribution in [0.5, 0.6) is 5.75 Å². The minimum atomic E-state index is -0.357. The Labute approximate surface area is 151 Å². The molecule has 0 N–H and O–H groups in total. The lowest BCUT2D eigenvalue weighted by molar-refractivity contribution is 0.370. The summed E-state index contributed by atoms with van der Waals surface area (Å²) in [6, 6.07) is 7.19. The molecule has 7 heteroatoms. The van der Waals surface area contributed by atoms with E-state index in [1.165, 1.54) is 17.8 Å². The maximum atomic E-state index is 12.3. The van der Waals surface area contributed by atoms with Gasteiger partial charge in [-0.2, -0.15) is 0 Å². The summed E-state index contributed by atoms with van der Waals surface area (Å²) in [6.07, 6.45) is 1.54. The predicted molar refractivity (Wildman–Crippen MR) is 99.5 cm³/mol. The number of hydrogen-bond acceptors (Lipinski definition) is 4. The lowest BCUT2D eigenvalue weighted by atomic mass is 10.3. The van der Waals surface area contributed by atoms with Crippen LogP contribution >= 0.6 is 11.6 Å². The van der Waals surface area contributed by atoms with E-state index in [0.717, 1.165) is 4.57 Å². The molecule has 1 heterocycles. The highest BCUT2D eigenvalue weighted by atomic mass is 35.5. The zero-order valence-electron chi connectivity index (χ0n) is 14.5. The number of nitrogens with zero attached hydrogens (tertiary/aromatic N) is 3. The molecule has 0 saturated carbocycles.